The molecule has 2 aliphatic carbocycles. The highest BCUT2D eigenvalue weighted by Gasteiger charge is 2.33. The van der Waals surface area contributed by atoms with Crippen LogP contribution in [0.3, 0.4) is 0 Å². The second-order valence-electron chi connectivity index (χ2n) is 7.62. The van der Waals surface area contributed by atoms with Crippen LogP contribution < -0.4 is 5.73 Å². The van der Waals surface area contributed by atoms with Crippen LogP contribution in [0, 0.1) is 0 Å². The molecule has 0 aromatic heterocycles. The van der Waals surface area contributed by atoms with Crippen molar-refractivity contribution in [1.29, 1.82) is 0 Å². The molecule has 138 valence electrons. The predicted molar refractivity (Wildman–Crippen MR) is 100 cm³/mol. The number of rotatable bonds is 5. The zero-order valence-electron chi connectivity index (χ0n) is 15.2. The quantitative estimate of drug-likeness (QED) is 0.793. The number of nitrogens with two attached hydrogens (primary N) is 1. The lowest BCUT2D eigenvalue weighted by Gasteiger charge is -2.40. The van der Waals surface area contributed by atoms with Crippen molar-refractivity contribution >= 4 is 6.03 Å². The van der Waals surface area contributed by atoms with E-state index in [0.29, 0.717) is 24.8 Å². The molecule has 2 amide bonds. The lowest BCUT2D eigenvalue weighted by Crippen LogP contribution is -2.51. The van der Waals surface area contributed by atoms with Crippen LogP contribution in [0.15, 0.2) is 30.3 Å². The smallest absolute Gasteiger partial charge is 0.315 e. The van der Waals surface area contributed by atoms with Gasteiger partial charge in [-0.2, -0.15) is 0 Å². The molecule has 0 saturated heterocycles. The fraction of sp³-hybridized carbons (Fsp3) is 0.667. The Morgan fingerprint density at radius 2 is 1.52 bits per heavy atom. The molecule has 0 bridgehead atoms. The standard InChI is InChI=1S/C21H32N2O2/c22-21(24)23(18-10-6-1-2-7-11-18)19-12-14-20(15-13-19)25-16-17-8-4-3-5-9-17/h3-5,8-9,18-20H,1-2,6-7,10-16H2,(H2,22,24). The van der Waals surface area contributed by atoms with Crippen molar-refractivity contribution in [3.05, 3.63) is 35.9 Å². The molecule has 0 aliphatic heterocycles. The fourth-order valence-electron chi connectivity index (χ4n) is 4.47. The molecule has 4 nitrogen and oxygen atoms in total. The molecule has 2 fully saturated rings. The van der Waals surface area contributed by atoms with Crippen LogP contribution in [-0.4, -0.2) is 29.1 Å². The molecule has 1 aromatic rings. The van der Waals surface area contributed by atoms with E-state index in [4.69, 9.17) is 10.5 Å². The molecule has 2 aliphatic rings. The summed E-state index contributed by atoms with van der Waals surface area (Å²) >= 11 is 0. The third kappa shape index (κ3) is 5.21. The second kappa shape index (κ2) is 9.23. The molecule has 2 N–H and O–H groups in total. The fourth-order valence-corrected chi connectivity index (χ4v) is 4.47. The zero-order valence-corrected chi connectivity index (χ0v) is 15.2. The minimum atomic E-state index is -0.222. The summed E-state index contributed by atoms with van der Waals surface area (Å²) in [5, 5.41) is 0. The lowest BCUT2D eigenvalue weighted by atomic mass is 9.90. The van der Waals surface area contributed by atoms with Gasteiger partial charge in [0.05, 0.1) is 12.7 Å². The molecule has 3 rings (SSSR count). The van der Waals surface area contributed by atoms with E-state index in [-0.39, 0.29) is 6.03 Å². The van der Waals surface area contributed by atoms with Crippen LogP contribution in [0.1, 0.15) is 69.8 Å². The average Bonchev–Trinajstić information content (AvgIpc) is 2.91. The number of carbonyl (C=O) groups is 1. The summed E-state index contributed by atoms with van der Waals surface area (Å²) in [5.41, 5.74) is 7.00. The molecule has 0 spiro atoms. The van der Waals surface area contributed by atoms with E-state index in [2.05, 4.69) is 12.1 Å². The first-order valence-corrected chi connectivity index (χ1v) is 9.97. The van der Waals surface area contributed by atoms with Crippen LogP contribution in [-0.2, 0) is 11.3 Å². The van der Waals surface area contributed by atoms with Crippen molar-refractivity contribution in [2.45, 2.75) is 89.0 Å². The van der Waals surface area contributed by atoms with Crippen molar-refractivity contribution < 1.29 is 9.53 Å². The number of ether oxygens (including phenoxy) is 1. The summed E-state index contributed by atoms with van der Waals surface area (Å²) in [6.07, 6.45) is 11.7. The van der Waals surface area contributed by atoms with Crippen molar-refractivity contribution in [3.63, 3.8) is 0 Å². The first kappa shape index (κ1) is 18.2. The van der Waals surface area contributed by atoms with Crippen molar-refractivity contribution in [1.82, 2.24) is 4.90 Å². The number of nitrogens with zero attached hydrogens (tertiary/aromatic N) is 1. The Morgan fingerprint density at radius 3 is 2.12 bits per heavy atom. The molecule has 0 radical (unpaired) electrons. The van der Waals surface area contributed by atoms with Gasteiger partial charge in [-0.25, -0.2) is 4.79 Å². The van der Waals surface area contributed by atoms with Crippen molar-refractivity contribution in [2.75, 3.05) is 0 Å². The average molecular weight is 344 g/mol. The van der Waals surface area contributed by atoms with Gasteiger partial charge >= 0.3 is 6.03 Å². The highest BCUT2D eigenvalue weighted by atomic mass is 16.5. The van der Waals surface area contributed by atoms with Gasteiger partial charge in [0.15, 0.2) is 0 Å². The number of amides is 2. The highest BCUT2D eigenvalue weighted by molar-refractivity contribution is 5.72. The summed E-state index contributed by atoms with van der Waals surface area (Å²) in [6, 6.07) is 10.8. The highest BCUT2D eigenvalue weighted by Crippen LogP contribution is 2.31. The van der Waals surface area contributed by atoms with Gasteiger partial charge in [0, 0.05) is 12.1 Å². The van der Waals surface area contributed by atoms with Crippen LogP contribution in [0.2, 0.25) is 0 Å². The van der Waals surface area contributed by atoms with Gasteiger partial charge in [0.2, 0.25) is 0 Å². The Hall–Kier alpha value is -1.55. The number of benzene rings is 1. The maximum Gasteiger partial charge on any atom is 0.315 e. The maximum atomic E-state index is 12.1. The minimum Gasteiger partial charge on any atom is -0.374 e. The first-order valence-electron chi connectivity index (χ1n) is 9.97. The van der Waals surface area contributed by atoms with Crippen molar-refractivity contribution in [3.8, 4) is 0 Å². The Morgan fingerprint density at radius 1 is 0.920 bits per heavy atom. The van der Waals surface area contributed by atoms with Gasteiger partial charge in [-0.15, -0.1) is 0 Å². The number of primary amides is 1. The summed E-state index contributed by atoms with van der Waals surface area (Å²) in [6.45, 7) is 0.679. The number of hydrogen-bond donors (Lipinski definition) is 1. The largest absolute Gasteiger partial charge is 0.374 e. The minimum absolute atomic E-state index is 0.222. The van der Waals surface area contributed by atoms with Gasteiger partial charge in [0.25, 0.3) is 0 Å². The van der Waals surface area contributed by atoms with Crippen LogP contribution >= 0.6 is 0 Å². The molecular weight excluding hydrogens is 312 g/mol. The van der Waals surface area contributed by atoms with E-state index in [1.807, 2.05) is 23.1 Å². The monoisotopic (exact) mass is 344 g/mol. The molecule has 0 atom stereocenters. The molecular formula is C21H32N2O2. The molecule has 1 aromatic carbocycles. The third-order valence-corrected chi connectivity index (χ3v) is 5.84. The Labute approximate surface area is 151 Å². The molecule has 2 saturated carbocycles. The zero-order chi connectivity index (χ0) is 17.5. The Balaban J connectivity index is 1.50. The maximum absolute atomic E-state index is 12.1. The van der Waals surface area contributed by atoms with Gasteiger partial charge in [-0.3, -0.25) is 0 Å². The second-order valence-corrected chi connectivity index (χ2v) is 7.62. The van der Waals surface area contributed by atoms with E-state index >= 15 is 0 Å². The van der Waals surface area contributed by atoms with Gasteiger partial charge < -0.3 is 15.4 Å². The Kier molecular flexibility index (Phi) is 6.74. The molecule has 0 heterocycles. The van der Waals surface area contributed by atoms with Gasteiger partial charge in [-0.05, 0) is 44.1 Å². The number of urea groups is 1. The van der Waals surface area contributed by atoms with E-state index < -0.39 is 0 Å². The lowest BCUT2D eigenvalue weighted by molar-refractivity contribution is -0.00234. The van der Waals surface area contributed by atoms with E-state index in [9.17, 15) is 4.79 Å². The van der Waals surface area contributed by atoms with Crippen LogP contribution in [0.4, 0.5) is 4.79 Å². The van der Waals surface area contributed by atoms with Crippen molar-refractivity contribution in [2.24, 2.45) is 5.73 Å². The van der Waals surface area contributed by atoms with Gasteiger partial charge in [-0.1, -0.05) is 56.0 Å². The number of carbonyl (C=O) groups excluding carboxylic acids is 1. The van der Waals surface area contributed by atoms with Gasteiger partial charge in [0.1, 0.15) is 0 Å². The first-order chi connectivity index (χ1) is 12.2. The normalized spacial score (nSPS) is 25.3. The predicted octanol–water partition coefficient (Wildman–Crippen LogP) is 4.62. The molecule has 25 heavy (non-hydrogen) atoms. The van der Waals surface area contributed by atoms with E-state index in [1.54, 1.807) is 0 Å². The van der Waals surface area contributed by atoms with Crippen LogP contribution in [0.5, 0.6) is 0 Å². The van der Waals surface area contributed by atoms with E-state index in [1.165, 1.54) is 31.2 Å². The van der Waals surface area contributed by atoms with E-state index in [0.717, 1.165) is 38.5 Å². The summed E-state index contributed by atoms with van der Waals surface area (Å²) in [5.74, 6) is 0. The summed E-state index contributed by atoms with van der Waals surface area (Å²) in [7, 11) is 0. The topological polar surface area (TPSA) is 55.6 Å². The van der Waals surface area contributed by atoms with Crippen LogP contribution in [0.25, 0.3) is 0 Å². The summed E-state index contributed by atoms with van der Waals surface area (Å²) < 4.78 is 6.09. The molecule has 4 heteroatoms. The molecule has 0 unspecified atom stereocenters. The third-order valence-electron chi connectivity index (χ3n) is 5.84. The summed E-state index contributed by atoms with van der Waals surface area (Å²) in [4.78, 5) is 14.1. The Bertz CT molecular complexity index is 518. The number of hydrogen-bond acceptors (Lipinski definition) is 2. The SMILES string of the molecule is NC(=O)N(C1CCCCCC1)C1CCC(OCc2ccccc2)CC1.